The quantitative estimate of drug-likeness (QED) is 0.846. The van der Waals surface area contributed by atoms with Crippen molar-refractivity contribution in [1.82, 2.24) is 4.98 Å². The Hall–Kier alpha value is -0.870. The molecule has 17 heavy (non-hydrogen) atoms. The summed E-state index contributed by atoms with van der Waals surface area (Å²) >= 11 is 5.41. The molecule has 0 saturated heterocycles. The number of pyridine rings is 1. The smallest absolute Gasteiger partial charge is 0.143 e. The van der Waals surface area contributed by atoms with Crippen molar-refractivity contribution in [3.8, 4) is 0 Å². The third kappa shape index (κ3) is 2.53. The Kier molecular flexibility index (Phi) is 3.16. The van der Waals surface area contributed by atoms with Crippen LogP contribution in [0.15, 0.2) is 40.3 Å². The van der Waals surface area contributed by atoms with Gasteiger partial charge in [-0.25, -0.2) is 4.98 Å². The summed E-state index contributed by atoms with van der Waals surface area (Å²) in [7, 11) is 0. The summed E-state index contributed by atoms with van der Waals surface area (Å²) in [5.41, 5.74) is 0. The number of halogens is 1. The first-order valence-corrected chi connectivity index (χ1v) is 7.41. The van der Waals surface area contributed by atoms with Gasteiger partial charge in [-0.15, -0.1) is 11.3 Å². The molecule has 0 radical (unpaired) electrons. The van der Waals surface area contributed by atoms with Crippen LogP contribution in [0.1, 0.15) is 17.7 Å². The Labute approximate surface area is 113 Å². The number of hydrogen-bond donors (Lipinski definition) is 0. The Balaban J connectivity index is 1.88. The second-order valence-corrected chi connectivity index (χ2v) is 6.13. The third-order valence-electron chi connectivity index (χ3n) is 2.91. The zero-order chi connectivity index (χ0) is 11.7. The van der Waals surface area contributed by atoms with Gasteiger partial charge in [-0.05, 0) is 52.4 Å². The van der Waals surface area contributed by atoms with Crippen LogP contribution in [0.5, 0.6) is 0 Å². The lowest BCUT2D eigenvalue weighted by molar-refractivity contribution is 0.784. The molecule has 0 aliphatic heterocycles. The van der Waals surface area contributed by atoms with Gasteiger partial charge in [-0.2, -0.15) is 0 Å². The van der Waals surface area contributed by atoms with Gasteiger partial charge < -0.3 is 4.90 Å². The van der Waals surface area contributed by atoms with Gasteiger partial charge in [0.15, 0.2) is 0 Å². The molecule has 2 aromatic heterocycles. The minimum absolute atomic E-state index is 0.670. The molecule has 4 heteroatoms. The summed E-state index contributed by atoms with van der Waals surface area (Å²) in [6.45, 7) is 0.970. The number of anilines is 1. The van der Waals surface area contributed by atoms with Gasteiger partial charge in [-0.1, -0.05) is 6.07 Å². The van der Waals surface area contributed by atoms with Crippen molar-refractivity contribution in [2.75, 3.05) is 4.90 Å². The Morgan fingerprint density at radius 3 is 2.88 bits per heavy atom. The van der Waals surface area contributed by atoms with Crippen LogP contribution in [0, 0.1) is 0 Å². The second kappa shape index (κ2) is 4.78. The maximum absolute atomic E-state index is 4.50. The summed E-state index contributed by atoms with van der Waals surface area (Å²) in [4.78, 5) is 8.31. The monoisotopic (exact) mass is 308 g/mol. The van der Waals surface area contributed by atoms with E-state index in [4.69, 9.17) is 0 Å². The van der Waals surface area contributed by atoms with Crippen molar-refractivity contribution in [1.29, 1.82) is 0 Å². The zero-order valence-electron chi connectivity index (χ0n) is 9.34. The van der Waals surface area contributed by atoms with Crippen LogP contribution in [-0.4, -0.2) is 11.0 Å². The molecule has 2 heterocycles. The molecule has 88 valence electrons. The Morgan fingerprint density at radius 1 is 1.35 bits per heavy atom. The molecule has 1 aliphatic rings. The lowest BCUT2D eigenvalue weighted by Gasteiger charge is -2.23. The van der Waals surface area contributed by atoms with Crippen LogP contribution in [0.25, 0.3) is 0 Å². The maximum Gasteiger partial charge on any atom is 0.143 e. The molecular weight excluding hydrogens is 296 g/mol. The number of thiophene rings is 1. The first-order valence-electron chi connectivity index (χ1n) is 5.74. The fraction of sp³-hybridized carbons (Fsp3) is 0.308. The van der Waals surface area contributed by atoms with Gasteiger partial charge >= 0.3 is 0 Å². The van der Waals surface area contributed by atoms with Crippen molar-refractivity contribution in [3.63, 3.8) is 0 Å². The highest BCUT2D eigenvalue weighted by atomic mass is 79.9. The molecule has 1 fully saturated rings. The van der Waals surface area contributed by atoms with Gasteiger partial charge in [0.05, 0.1) is 11.0 Å². The predicted octanol–water partition coefficient (Wildman–Crippen LogP) is 4.07. The lowest BCUT2D eigenvalue weighted by atomic mass is 10.3. The normalized spacial score (nSPS) is 14.9. The summed E-state index contributed by atoms with van der Waals surface area (Å²) in [5.74, 6) is 1.07. The standard InChI is InChI=1S/C13H13BrN2S/c14-12-4-1-7-15-13(12)16(10-5-6-10)9-11-3-2-8-17-11/h1-4,7-8,10H,5-6,9H2. The van der Waals surface area contributed by atoms with E-state index in [1.807, 2.05) is 23.6 Å². The highest BCUT2D eigenvalue weighted by molar-refractivity contribution is 9.10. The van der Waals surface area contributed by atoms with Crippen LogP contribution >= 0.6 is 27.3 Å². The molecule has 0 spiro atoms. The van der Waals surface area contributed by atoms with Crippen molar-refractivity contribution in [3.05, 3.63) is 45.2 Å². The molecule has 0 N–H and O–H groups in total. The molecule has 3 rings (SSSR count). The van der Waals surface area contributed by atoms with Crippen LogP contribution in [-0.2, 0) is 6.54 Å². The molecule has 2 nitrogen and oxygen atoms in total. The zero-order valence-corrected chi connectivity index (χ0v) is 11.7. The van der Waals surface area contributed by atoms with E-state index in [1.165, 1.54) is 17.7 Å². The van der Waals surface area contributed by atoms with Crippen molar-refractivity contribution in [2.45, 2.75) is 25.4 Å². The van der Waals surface area contributed by atoms with Crippen molar-refractivity contribution >= 4 is 33.1 Å². The molecule has 0 aromatic carbocycles. The molecule has 1 saturated carbocycles. The van der Waals surface area contributed by atoms with E-state index in [1.54, 1.807) is 0 Å². The van der Waals surface area contributed by atoms with Crippen molar-refractivity contribution in [2.24, 2.45) is 0 Å². The van der Waals surface area contributed by atoms with E-state index in [9.17, 15) is 0 Å². The average Bonchev–Trinajstić information content (AvgIpc) is 3.05. The summed E-state index contributed by atoms with van der Waals surface area (Å²) < 4.78 is 1.09. The van der Waals surface area contributed by atoms with Gasteiger partial charge in [0.25, 0.3) is 0 Å². The highest BCUT2D eigenvalue weighted by Crippen LogP contribution is 2.35. The highest BCUT2D eigenvalue weighted by Gasteiger charge is 2.31. The van der Waals surface area contributed by atoms with Crippen molar-refractivity contribution < 1.29 is 0 Å². The van der Waals surface area contributed by atoms with E-state index < -0.39 is 0 Å². The van der Waals surface area contributed by atoms with Gasteiger partial charge in [0.2, 0.25) is 0 Å². The first-order chi connectivity index (χ1) is 8.34. The number of hydrogen-bond acceptors (Lipinski definition) is 3. The molecule has 0 amide bonds. The second-order valence-electron chi connectivity index (χ2n) is 4.25. The van der Waals surface area contributed by atoms with E-state index in [-0.39, 0.29) is 0 Å². The lowest BCUT2D eigenvalue weighted by Crippen LogP contribution is -2.25. The summed E-state index contributed by atoms with van der Waals surface area (Å²) in [6, 6.07) is 8.99. The molecule has 0 bridgehead atoms. The van der Waals surface area contributed by atoms with E-state index in [2.05, 4.69) is 49.4 Å². The fourth-order valence-corrected chi connectivity index (χ4v) is 3.11. The molecule has 0 atom stereocenters. The van der Waals surface area contributed by atoms with Gasteiger partial charge in [0.1, 0.15) is 5.82 Å². The largest absolute Gasteiger partial charge is 0.348 e. The van der Waals surface area contributed by atoms with Crippen LogP contribution in [0.3, 0.4) is 0 Å². The average molecular weight is 309 g/mol. The number of rotatable bonds is 4. The summed E-state index contributed by atoms with van der Waals surface area (Å²) in [5, 5.41) is 2.13. The van der Waals surface area contributed by atoms with E-state index in [0.29, 0.717) is 6.04 Å². The van der Waals surface area contributed by atoms with Gasteiger partial charge in [-0.3, -0.25) is 0 Å². The Morgan fingerprint density at radius 2 is 2.24 bits per heavy atom. The Bertz CT molecular complexity index is 494. The SMILES string of the molecule is Brc1cccnc1N(Cc1cccs1)C1CC1. The number of aromatic nitrogens is 1. The fourth-order valence-electron chi connectivity index (χ4n) is 1.92. The van der Waals surface area contributed by atoms with E-state index in [0.717, 1.165) is 16.8 Å². The van der Waals surface area contributed by atoms with Crippen LogP contribution in [0.2, 0.25) is 0 Å². The molecule has 1 aliphatic carbocycles. The molecular formula is C13H13BrN2S. The predicted molar refractivity (Wildman–Crippen MR) is 75.5 cm³/mol. The van der Waals surface area contributed by atoms with E-state index >= 15 is 0 Å². The summed E-state index contributed by atoms with van der Waals surface area (Å²) in [6.07, 6.45) is 4.44. The minimum Gasteiger partial charge on any atom is -0.348 e. The first kappa shape index (κ1) is 11.2. The maximum atomic E-state index is 4.50. The third-order valence-corrected chi connectivity index (χ3v) is 4.39. The van der Waals surface area contributed by atoms with Gasteiger partial charge in [0, 0.05) is 17.1 Å². The number of nitrogens with zero attached hydrogens (tertiary/aromatic N) is 2. The van der Waals surface area contributed by atoms with Crippen LogP contribution in [0.4, 0.5) is 5.82 Å². The minimum atomic E-state index is 0.670. The van der Waals surface area contributed by atoms with Crippen LogP contribution < -0.4 is 4.90 Å². The molecule has 2 aromatic rings. The molecule has 0 unspecified atom stereocenters. The topological polar surface area (TPSA) is 16.1 Å².